The van der Waals surface area contributed by atoms with E-state index in [-0.39, 0.29) is 0 Å². The van der Waals surface area contributed by atoms with Crippen LogP contribution in [0.5, 0.6) is 5.75 Å². The number of hydrogen-bond acceptors (Lipinski definition) is 2. The van der Waals surface area contributed by atoms with Crippen LogP contribution in [0.2, 0.25) is 10.0 Å². The summed E-state index contributed by atoms with van der Waals surface area (Å²) in [6.45, 7) is 4.96. The second-order valence-corrected chi connectivity index (χ2v) is 4.64. The van der Waals surface area contributed by atoms with Crippen molar-refractivity contribution in [3.8, 4) is 5.75 Å². The molecule has 0 aromatic heterocycles. The summed E-state index contributed by atoms with van der Waals surface area (Å²) in [5.74, 6) is 0.667. The van der Waals surface area contributed by atoms with Crippen molar-refractivity contribution < 1.29 is 4.74 Å². The first-order valence-electron chi connectivity index (χ1n) is 6.03. The molecule has 0 heterocycles. The highest BCUT2D eigenvalue weighted by atomic mass is 35.5. The van der Waals surface area contributed by atoms with Gasteiger partial charge < -0.3 is 10.1 Å². The molecular weight excluding hydrogens is 257 g/mol. The summed E-state index contributed by atoms with van der Waals surface area (Å²) in [6.07, 6.45) is 3.30. The lowest BCUT2D eigenvalue weighted by Gasteiger charge is -2.08. The van der Waals surface area contributed by atoms with Gasteiger partial charge in [0.15, 0.2) is 0 Å². The molecule has 0 saturated carbocycles. The third kappa shape index (κ3) is 5.62. The van der Waals surface area contributed by atoms with Gasteiger partial charge in [0.2, 0.25) is 0 Å². The summed E-state index contributed by atoms with van der Waals surface area (Å²) < 4.78 is 5.58. The normalized spacial score (nSPS) is 10.5. The minimum absolute atomic E-state index is 0.498. The molecule has 0 spiro atoms. The smallest absolute Gasteiger partial charge is 0.139 e. The Balaban J connectivity index is 2.16. The van der Waals surface area contributed by atoms with Crippen LogP contribution in [0, 0.1) is 0 Å². The molecule has 0 saturated heterocycles. The monoisotopic (exact) mass is 275 g/mol. The Morgan fingerprint density at radius 2 is 2.00 bits per heavy atom. The van der Waals surface area contributed by atoms with E-state index in [2.05, 4.69) is 12.2 Å². The van der Waals surface area contributed by atoms with Crippen LogP contribution < -0.4 is 10.1 Å². The van der Waals surface area contributed by atoms with Crippen molar-refractivity contribution in [2.45, 2.75) is 26.2 Å². The minimum Gasteiger partial charge on any atom is -0.492 e. The maximum absolute atomic E-state index is 6.01. The second-order valence-electron chi connectivity index (χ2n) is 3.86. The van der Waals surface area contributed by atoms with E-state index in [0.717, 1.165) is 25.9 Å². The van der Waals surface area contributed by atoms with Crippen molar-refractivity contribution in [1.82, 2.24) is 5.32 Å². The highest BCUT2D eigenvalue weighted by Crippen LogP contribution is 2.31. The summed E-state index contributed by atoms with van der Waals surface area (Å²) in [5.41, 5.74) is 0. The van der Waals surface area contributed by atoms with Crippen LogP contribution >= 0.6 is 23.2 Å². The summed E-state index contributed by atoms with van der Waals surface area (Å²) in [4.78, 5) is 0. The van der Waals surface area contributed by atoms with Crippen molar-refractivity contribution in [1.29, 1.82) is 0 Å². The topological polar surface area (TPSA) is 21.3 Å². The molecule has 0 aliphatic carbocycles. The number of ether oxygens (including phenoxy) is 1. The van der Waals surface area contributed by atoms with Gasteiger partial charge in [0.25, 0.3) is 0 Å². The summed E-state index contributed by atoms with van der Waals surface area (Å²) in [5, 5.41) is 4.39. The third-order valence-corrected chi connectivity index (χ3v) is 3.15. The molecule has 1 aromatic carbocycles. The first kappa shape index (κ1) is 14.6. The lowest BCUT2D eigenvalue weighted by Crippen LogP contribution is -2.16. The van der Waals surface area contributed by atoms with E-state index >= 15 is 0 Å². The molecule has 96 valence electrons. The van der Waals surface area contributed by atoms with Gasteiger partial charge in [0, 0.05) is 0 Å². The molecule has 2 nitrogen and oxygen atoms in total. The van der Waals surface area contributed by atoms with Crippen molar-refractivity contribution >= 4 is 23.2 Å². The van der Waals surface area contributed by atoms with Gasteiger partial charge in [0.1, 0.15) is 10.8 Å². The first-order chi connectivity index (χ1) is 8.25. The van der Waals surface area contributed by atoms with Crippen LogP contribution in [0.25, 0.3) is 0 Å². The minimum atomic E-state index is 0.498. The van der Waals surface area contributed by atoms with Gasteiger partial charge in [-0.15, -0.1) is 0 Å². The third-order valence-electron chi connectivity index (χ3n) is 2.35. The predicted octanol–water partition coefficient (Wildman–Crippen LogP) is 4.15. The molecule has 0 unspecified atom stereocenters. The Hall–Kier alpha value is -0.440. The molecule has 0 amide bonds. The molecule has 1 N–H and O–H groups in total. The molecule has 17 heavy (non-hydrogen) atoms. The molecule has 0 aliphatic rings. The fourth-order valence-corrected chi connectivity index (χ4v) is 1.78. The Kier molecular flexibility index (Phi) is 7.41. The second kappa shape index (κ2) is 8.62. The standard InChI is InChI=1S/C13H19Cl2NO/c1-2-8-16-9-3-4-10-17-12-7-5-6-11(14)13(12)15/h5-7,16H,2-4,8-10H2,1H3. The summed E-state index contributed by atoms with van der Waals surface area (Å²) >= 11 is 11.9. The predicted molar refractivity (Wildman–Crippen MR) is 74.4 cm³/mol. The average molecular weight is 276 g/mol. The van der Waals surface area contributed by atoms with E-state index in [1.807, 2.05) is 12.1 Å². The lowest BCUT2D eigenvalue weighted by atomic mass is 10.3. The van der Waals surface area contributed by atoms with Gasteiger partial charge in [-0.3, -0.25) is 0 Å². The number of unbranched alkanes of at least 4 members (excludes halogenated alkanes) is 1. The Labute approximate surface area is 113 Å². The maximum atomic E-state index is 6.01. The summed E-state index contributed by atoms with van der Waals surface area (Å²) in [6, 6.07) is 5.43. The largest absolute Gasteiger partial charge is 0.492 e. The van der Waals surface area contributed by atoms with Crippen LogP contribution in [-0.4, -0.2) is 19.7 Å². The Bertz CT molecular complexity index is 331. The van der Waals surface area contributed by atoms with Gasteiger partial charge in [-0.1, -0.05) is 36.2 Å². The Morgan fingerprint density at radius 1 is 1.18 bits per heavy atom. The van der Waals surface area contributed by atoms with Crippen LogP contribution in [0.1, 0.15) is 26.2 Å². The number of hydrogen-bond donors (Lipinski definition) is 1. The zero-order valence-electron chi connectivity index (χ0n) is 10.1. The molecule has 0 radical (unpaired) electrons. The fraction of sp³-hybridized carbons (Fsp3) is 0.538. The highest BCUT2D eigenvalue weighted by molar-refractivity contribution is 6.42. The molecule has 1 rings (SSSR count). The Morgan fingerprint density at radius 3 is 2.76 bits per heavy atom. The fourth-order valence-electron chi connectivity index (χ4n) is 1.43. The average Bonchev–Trinajstić information content (AvgIpc) is 2.33. The molecule has 1 aromatic rings. The number of rotatable bonds is 8. The van der Waals surface area contributed by atoms with E-state index in [1.54, 1.807) is 6.07 Å². The molecule has 0 aliphatic heterocycles. The molecule has 0 atom stereocenters. The number of halogens is 2. The van der Waals surface area contributed by atoms with Crippen molar-refractivity contribution in [3.05, 3.63) is 28.2 Å². The van der Waals surface area contributed by atoms with Crippen molar-refractivity contribution in [2.24, 2.45) is 0 Å². The van der Waals surface area contributed by atoms with E-state index < -0.39 is 0 Å². The first-order valence-corrected chi connectivity index (χ1v) is 6.78. The van der Waals surface area contributed by atoms with Crippen LogP contribution in [0.15, 0.2) is 18.2 Å². The lowest BCUT2D eigenvalue weighted by molar-refractivity contribution is 0.306. The van der Waals surface area contributed by atoms with E-state index in [9.17, 15) is 0 Å². The number of benzene rings is 1. The van der Waals surface area contributed by atoms with Gasteiger partial charge in [0.05, 0.1) is 11.6 Å². The SMILES string of the molecule is CCCNCCCCOc1cccc(Cl)c1Cl. The van der Waals surface area contributed by atoms with E-state index in [4.69, 9.17) is 27.9 Å². The van der Waals surface area contributed by atoms with E-state index in [1.165, 1.54) is 6.42 Å². The summed E-state index contributed by atoms with van der Waals surface area (Å²) in [7, 11) is 0. The van der Waals surface area contributed by atoms with Crippen molar-refractivity contribution in [3.63, 3.8) is 0 Å². The number of nitrogens with one attached hydrogen (secondary N) is 1. The van der Waals surface area contributed by atoms with Gasteiger partial charge in [-0.2, -0.15) is 0 Å². The van der Waals surface area contributed by atoms with Crippen LogP contribution in [0.3, 0.4) is 0 Å². The zero-order chi connectivity index (χ0) is 12.5. The molecular formula is C13H19Cl2NO. The van der Waals surface area contributed by atoms with Crippen molar-refractivity contribution in [2.75, 3.05) is 19.7 Å². The molecule has 0 bridgehead atoms. The van der Waals surface area contributed by atoms with Gasteiger partial charge in [-0.25, -0.2) is 0 Å². The maximum Gasteiger partial charge on any atom is 0.139 e. The zero-order valence-corrected chi connectivity index (χ0v) is 11.7. The molecule has 4 heteroatoms. The molecule has 0 fully saturated rings. The highest BCUT2D eigenvalue weighted by Gasteiger charge is 2.04. The quantitative estimate of drug-likeness (QED) is 0.720. The van der Waals surface area contributed by atoms with Gasteiger partial charge >= 0.3 is 0 Å². The van der Waals surface area contributed by atoms with E-state index in [0.29, 0.717) is 22.4 Å². The van der Waals surface area contributed by atoms with Gasteiger partial charge in [-0.05, 0) is 44.5 Å². The van der Waals surface area contributed by atoms with Crippen LogP contribution in [0.4, 0.5) is 0 Å². The van der Waals surface area contributed by atoms with Crippen LogP contribution in [-0.2, 0) is 0 Å².